The zero-order chi connectivity index (χ0) is 29.3. The van der Waals surface area contributed by atoms with E-state index in [1.807, 2.05) is 0 Å². The molecule has 3 aromatic carbocycles. The molecule has 0 saturated heterocycles. The third-order valence-corrected chi connectivity index (χ3v) is 6.97. The van der Waals surface area contributed by atoms with Gasteiger partial charge in [0.05, 0.1) is 5.69 Å². The third-order valence-electron chi connectivity index (χ3n) is 6.97. The third kappa shape index (κ3) is 4.78. The number of pyridine rings is 1. The molecule has 0 spiro atoms. The maximum atomic E-state index is 14.5. The summed E-state index contributed by atoms with van der Waals surface area (Å²) in [5, 5.41) is 10.8. The number of rotatable bonds is 7. The minimum atomic E-state index is -6.15. The van der Waals surface area contributed by atoms with Gasteiger partial charge in [-0.25, -0.2) is 4.98 Å². The van der Waals surface area contributed by atoms with Crippen molar-refractivity contribution in [2.45, 2.75) is 29.9 Å². The number of aliphatic hydroxyl groups is 1. The molecule has 0 aliphatic rings. The van der Waals surface area contributed by atoms with Crippen molar-refractivity contribution in [2.75, 3.05) is 0 Å². The average molecular weight is 568 g/mol. The van der Waals surface area contributed by atoms with E-state index < -0.39 is 29.3 Å². The minimum absolute atomic E-state index is 0.106. The smallest absolute Gasteiger partial charge is 0.367 e. The molecule has 1 N–H and O–H groups in total. The predicted molar refractivity (Wildman–Crippen MR) is 140 cm³/mol. The van der Waals surface area contributed by atoms with E-state index in [0.717, 1.165) is 10.8 Å². The SMILES string of the molecule is OC(c1nc(Cc2ccncc2)cn1C(c1ccccc1)(c1ccccc1)c1ccccc1)(C(F)(F)F)C(F)(F)F. The molecule has 0 radical (unpaired) electrons. The van der Waals surface area contributed by atoms with Crippen molar-refractivity contribution in [3.63, 3.8) is 0 Å². The van der Waals surface area contributed by atoms with Crippen LogP contribution in [0.25, 0.3) is 0 Å². The Labute approximate surface area is 231 Å². The van der Waals surface area contributed by atoms with Gasteiger partial charge >= 0.3 is 18.0 Å². The lowest BCUT2D eigenvalue weighted by atomic mass is 9.76. The van der Waals surface area contributed by atoms with E-state index in [1.54, 1.807) is 103 Å². The van der Waals surface area contributed by atoms with Gasteiger partial charge in [0.2, 0.25) is 0 Å². The van der Waals surface area contributed by atoms with E-state index in [4.69, 9.17) is 0 Å². The molecule has 0 amide bonds. The van der Waals surface area contributed by atoms with Crippen LogP contribution >= 0.6 is 0 Å². The molecule has 0 atom stereocenters. The molecule has 5 rings (SSSR count). The quantitative estimate of drug-likeness (QED) is 0.170. The maximum absolute atomic E-state index is 14.5. The fourth-order valence-corrected chi connectivity index (χ4v) is 5.10. The maximum Gasteiger partial charge on any atom is 0.433 e. The molecule has 0 aliphatic heterocycles. The Hall–Kier alpha value is -4.44. The number of halogens is 6. The van der Waals surface area contributed by atoms with Crippen molar-refractivity contribution < 1.29 is 31.4 Å². The highest BCUT2D eigenvalue weighted by Crippen LogP contribution is 2.52. The van der Waals surface area contributed by atoms with Crippen molar-refractivity contribution >= 4 is 0 Å². The molecule has 4 nitrogen and oxygen atoms in total. The van der Waals surface area contributed by atoms with Gasteiger partial charge in [0.1, 0.15) is 5.54 Å². The highest BCUT2D eigenvalue weighted by molar-refractivity contribution is 5.52. The van der Waals surface area contributed by atoms with Gasteiger partial charge in [-0.3, -0.25) is 4.98 Å². The standard InChI is InChI=1S/C31H23F6N3O/c32-30(33,34)29(41,31(35,36)37)27-39-26(20-22-16-18-38-19-17-22)21-40(27)28(23-10-4-1-5-11-23,24-12-6-2-7-13-24)25-14-8-3-9-15-25/h1-19,21,41H,20H2. The number of nitrogens with zero attached hydrogens (tertiary/aromatic N) is 3. The van der Waals surface area contributed by atoms with E-state index in [0.29, 0.717) is 22.3 Å². The van der Waals surface area contributed by atoms with Crippen molar-refractivity contribution in [2.24, 2.45) is 0 Å². The van der Waals surface area contributed by atoms with Gasteiger partial charge in [0, 0.05) is 25.0 Å². The molecule has 0 unspecified atom stereocenters. The summed E-state index contributed by atoms with van der Waals surface area (Å²) in [4.78, 5) is 7.81. The molecular formula is C31H23F6N3O. The predicted octanol–water partition coefficient (Wildman–Crippen LogP) is 7.02. The number of imidazole rings is 1. The number of hydrogen-bond acceptors (Lipinski definition) is 3. The molecule has 2 aromatic heterocycles. The highest BCUT2D eigenvalue weighted by Gasteiger charge is 2.74. The van der Waals surface area contributed by atoms with Crippen LogP contribution in [-0.2, 0) is 17.6 Å². The van der Waals surface area contributed by atoms with Crippen LogP contribution in [-0.4, -0.2) is 32.0 Å². The molecular weight excluding hydrogens is 544 g/mol. The highest BCUT2D eigenvalue weighted by atomic mass is 19.4. The second-order valence-corrected chi connectivity index (χ2v) is 9.47. The van der Waals surface area contributed by atoms with Crippen molar-refractivity contribution in [3.05, 3.63) is 155 Å². The lowest BCUT2D eigenvalue weighted by molar-refractivity contribution is -0.379. The van der Waals surface area contributed by atoms with Crippen molar-refractivity contribution in [1.82, 2.24) is 14.5 Å². The topological polar surface area (TPSA) is 50.9 Å². The summed E-state index contributed by atoms with van der Waals surface area (Å²) in [5.41, 5.74) is -5.56. The first-order valence-corrected chi connectivity index (χ1v) is 12.5. The average Bonchev–Trinajstić information content (AvgIpc) is 3.38. The van der Waals surface area contributed by atoms with Gasteiger partial charge in [-0.15, -0.1) is 0 Å². The number of hydrogen-bond donors (Lipinski definition) is 1. The first-order valence-electron chi connectivity index (χ1n) is 12.5. The first-order chi connectivity index (χ1) is 19.5. The molecule has 0 fully saturated rings. The normalized spacial score (nSPS) is 12.9. The van der Waals surface area contributed by atoms with Gasteiger partial charge in [-0.1, -0.05) is 91.0 Å². The Morgan fingerprint density at radius 3 is 1.41 bits per heavy atom. The molecule has 2 heterocycles. The minimum Gasteiger partial charge on any atom is -0.367 e. The van der Waals surface area contributed by atoms with Gasteiger partial charge < -0.3 is 9.67 Å². The number of aromatic nitrogens is 3. The van der Waals surface area contributed by atoms with Gasteiger partial charge in [0.25, 0.3) is 0 Å². The van der Waals surface area contributed by atoms with Crippen LogP contribution in [0.15, 0.2) is 122 Å². The van der Waals surface area contributed by atoms with Gasteiger partial charge in [0.15, 0.2) is 5.82 Å². The lowest BCUT2D eigenvalue weighted by Gasteiger charge is -2.41. The van der Waals surface area contributed by atoms with Gasteiger partial charge in [-0.05, 0) is 34.4 Å². The summed E-state index contributed by atoms with van der Waals surface area (Å²) in [6.45, 7) is 0. The van der Waals surface area contributed by atoms with Crippen LogP contribution < -0.4 is 0 Å². The van der Waals surface area contributed by atoms with Crippen LogP contribution in [0.1, 0.15) is 33.8 Å². The fourth-order valence-electron chi connectivity index (χ4n) is 5.10. The van der Waals surface area contributed by atoms with E-state index >= 15 is 0 Å². The first kappa shape index (κ1) is 28.1. The van der Waals surface area contributed by atoms with Crippen LogP contribution in [0, 0.1) is 0 Å². The zero-order valence-electron chi connectivity index (χ0n) is 21.3. The Morgan fingerprint density at radius 1 is 0.610 bits per heavy atom. The van der Waals surface area contributed by atoms with Crippen LogP contribution in [0.3, 0.4) is 0 Å². The summed E-state index contributed by atoms with van der Waals surface area (Å²) >= 11 is 0. The summed E-state index contributed by atoms with van der Waals surface area (Å²) in [7, 11) is 0. The van der Waals surface area contributed by atoms with E-state index in [2.05, 4.69) is 9.97 Å². The molecule has 10 heteroatoms. The zero-order valence-corrected chi connectivity index (χ0v) is 21.3. The molecule has 0 bridgehead atoms. The summed E-state index contributed by atoms with van der Waals surface area (Å²) in [5.74, 6) is -1.60. The lowest BCUT2D eigenvalue weighted by Crippen LogP contribution is -2.57. The van der Waals surface area contributed by atoms with Crippen LogP contribution in [0.5, 0.6) is 0 Å². The molecule has 0 aliphatic carbocycles. The Morgan fingerprint density at radius 2 is 1.02 bits per heavy atom. The molecule has 41 heavy (non-hydrogen) atoms. The van der Waals surface area contributed by atoms with E-state index in [1.165, 1.54) is 12.4 Å². The summed E-state index contributed by atoms with van der Waals surface area (Å²) in [6.07, 6.45) is -8.35. The van der Waals surface area contributed by atoms with Crippen LogP contribution in [0.4, 0.5) is 26.3 Å². The van der Waals surface area contributed by atoms with E-state index in [9.17, 15) is 31.4 Å². The summed E-state index contributed by atoms with van der Waals surface area (Å²) in [6, 6.07) is 27.8. The Kier molecular flexibility index (Phi) is 7.21. The Balaban J connectivity index is 1.95. The monoisotopic (exact) mass is 567 g/mol. The molecule has 210 valence electrons. The molecule has 5 aromatic rings. The molecule has 0 saturated carbocycles. The van der Waals surface area contributed by atoms with Crippen molar-refractivity contribution in [1.29, 1.82) is 0 Å². The second kappa shape index (κ2) is 10.5. The van der Waals surface area contributed by atoms with E-state index in [-0.39, 0.29) is 12.1 Å². The largest absolute Gasteiger partial charge is 0.433 e. The van der Waals surface area contributed by atoms with Gasteiger partial charge in [-0.2, -0.15) is 26.3 Å². The Bertz CT molecular complexity index is 1480. The second-order valence-electron chi connectivity index (χ2n) is 9.47. The fraction of sp³-hybridized carbons (Fsp3) is 0.161. The van der Waals surface area contributed by atoms with Crippen molar-refractivity contribution in [3.8, 4) is 0 Å². The number of benzene rings is 3. The summed E-state index contributed by atoms with van der Waals surface area (Å²) < 4.78 is 87.6. The van der Waals surface area contributed by atoms with Crippen LogP contribution in [0.2, 0.25) is 0 Å². The number of alkyl halides is 6.